The van der Waals surface area contributed by atoms with Crippen LogP contribution in [0.3, 0.4) is 0 Å². The molecule has 0 spiro atoms. The molecule has 4 nitrogen and oxygen atoms in total. The summed E-state index contributed by atoms with van der Waals surface area (Å²) in [6, 6.07) is 23.8. The number of halogens is 1. The van der Waals surface area contributed by atoms with Gasteiger partial charge in [0.1, 0.15) is 0 Å². The molecule has 2 aromatic heterocycles. The lowest BCUT2D eigenvalue weighted by molar-refractivity contribution is 0.102. The van der Waals surface area contributed by atoms with Crippen molar-refractivity contribution >= 4 is 44.9 Å². The second-order valence-electron chi connectivity index (χ2n) is 9.24. The summed E-state index contributed by atoms with van der Waals surface area (Å²) in [7, 11) is 0. The molecule has 0 bridgehead atoms. The van der Waals surface area contributed by atoms with E-state index in [0.717, 1.165) is 43.9 Å². The lowest BCUT2D eigenvalue weighted by Gasteiger charge is -2.11. The van der Waals surface area contributed by atoms with E-state index in [1.807, 2.05) is 62.4 Å². The normalized spacial score (nSPS) is 11.3. The number of amides is 1. The molecule has 5 aromatic rings. The quantitative estimate of drug-likeness (QED) is 0.257. The summed E-state index contributed by atoms with van der Waals surface area (Å²) < 4.78 is 0. The van der Waals surface area contributed by atoms with Crippen LogP contribution in [0.25, 0.3) is 33.4 Å². The molecule has 0 aliphatic carbocycles. The number of rotatable bonds is 5. The maximum Gasteiger partial charge on any atom is 0.258 e. The molecule has 0 fully saturated rings. The summed E-state index contributed by atoms with van der Waals surface area (Å²) in [5.41, 5.74) is 7.18. The predicted molar refractivity (Wildman–Crippen MR) is 151 cm³/mol. The van der Waals surface area contributed by atoms with Gasteiger partial charge in [0.2, 0.25) is 0 Å². The molecule has 0 radical (unpaired) electrons. The summed E-state index contributed by atoms with van der Waals surface area (Å²) in [6.07, 6.45) is 0. The Kier molecular flexibility index (Phi) is 6.61. The Morgan fingerprint density at radius 3 is 2.42 bits per heavy atom. The molecular formula is C30H26ClN3OS. The lowest BCUT2D eigenvalue weighted by atomic mass is 9.99. The van der Waals surface area contributed by atoms with Gasteiger partial charge in [-0.3, -0.25) is 10.1 Å². The molecule has 180 valence electrons. The number of nitrogens with one attached hydrogen (secondary N) is 1. The maximum atomic E-state index is 13.6. The number of aromatic nitrogens is 2. The van der Waals surface area contributed by atoms with Gasteiger partial charge in [-0.15, -0.1) is 11.3 Å². The zero-order valence-electron chi connectivity index (χ0n) is 20.6. The van der Waals surface area contributed by atoms with Crippen LogP contribution < -0.4 is 5.32 Å². The number of thiazole rings is 1. The van der Waals surface area contributed by atoms with Gasteiger partial charge in [0, 0.05) is 26.4 Å². The molecule has 0 unspecified atom stereocenters. The molecule has 0 saturated carbocycles. The van der Waals surface area contributed by atoms with Crippen LogP contribution in [0.15, 0.2) is 72.8 Å². The highest BCUT2D eigenvalue weighted by molar-refractivity contribution is 7.16. The van der Waals surface area contributed by atoms with Crippen molar-refractivity contribution in [2.75, 3.05) is 5.32 Å². The largest absolute Gasteiger partial charge is 0.298 e. The number of fused-ring (bicyclic) bond motifs is 1. The monoisotopic (exact) mass is 511 g/mol. The van der Waals surface area contributed by atoms with Gasteiger partial charge < -0.3 is 0 Å². The van der Waals surface area contributed by atoms with Gasteiger partial charge in [-0.25, -0.2) is 9.97 Å². The first-order valence-corrected chi connectivity index (χ1v) is 13.0. The Morgan fingerprint density at radius 2 is 1.69 bits per heavy atom. The number of nitrogens with zero attached hydrogens (tertiary/aromatic N) is 2. The summed E-state index contributed by atoms with van der Waals surface area (Å²) >= 11 is 7.63. The highest BCUT2D eigenvalue weighted by atomic mass is 35.5. The molecule has 6 heteroatoms. The molecule has 0 saturated heterocycles. The SMILES string of the molecule is Cc1ccc2nc(-c3ccc(C(C)C)cc3)cc(C(=O)Nc3nc(-c4cccc(Cl)c4)c(C)s3)c2c1. The summed E-state index contributed by atoms with van der Waals surface area (Å²) in [5, 5.41) is 5.04. The average molecular weight is 512 g/mol. The third-order valence-electron chi connectivity index (χ3n) is 6.20. The van der Waals surface area contributed by atoms with Crippen molar-refractivity contribution in [2.24, 2.45) is 0 Å². The van der Waals surface area contributed by atoms with Crippen LogP contribution in [0, 0.1) is 13.8 Å². The molecule has 0 aliphatic rings. The second kappa shape index (κ2) is 9.84. The van der Waals surface area contributed by atoms with Gasteiger partial charge in [0.25, 0.3) is 5.91 Å². The van der Waals surface area contributed by atoms with Crippen LogP contribution >= 0.6 is 22.9 Å². The smallest absolute Gasteiger partial charge is 0.258 e. The third kappa shape index (κ3) is 4.90. The van der Waals surface area contributed by atoms with E-state index in [4.69, 9.17) is 21.6 Å². The topological polar surface area (TPSA) is 54.9 Å². The van der Waals surface area contributed by atoms with Crippen molar-refractivity contribution in [1.29, 1.82) is 0 Å². The highest BCUT2D eigenvalue weighted by Crippen LogP contribution is 2.33. The minimum atomic E-state index is -0.209. The number of hydrogen-bond donors (Lipinski definition) is 1. The molecule has 1 N–H and O–H groups in total. The maximum absolute atomic E-state index is 13.6. The van der Waals surface area contributed by atoms with Gasteiger partial charge in [-0.05, 0) is 55.7 Å². The molecule has 36 heavy (non-hydrogen) atoms. The van der Waals surface area contributed by atoms with Crippen molar-refractivity contribution in [3.63, 3.8) is 0 Å². The Labute approximate surface area is 220 Å². The van der Waals surface area contributed by atoms with Crippen molar-refractivity contribution in [2.45, 2.75) is 33.6 Å². The van der Waals surface area contributed by atoms with Gasteiger partial charge in [0.05, 0.1) is 22.5 Å². The molecule has 0 atom stereocenters. The summed E-state index contributed by atoms with van der Waals surface area (Å²) in [5.74, 6) is 0.242. The first-order valence-electron chi connectivity index (χ1n) is 11.8. The number of pyridine rings is 1. The number of anilines is 1. The van der Waals surface area contributed by atoms with E-state index in [1.54, 1.807) is 0 Å². The fraction of sp³-hybridized carbons (Fsp3) is 0.167. The van der Waals surface area contributed by atoms with Crippen molar-refractivity contribution in [3.8, 4) is 22.5 Å². The fourth-order valence-electron chi connectivity index (χ4n) is 4.23. The number of benzene rings is 3. The van der Waals surface area contributed by atoms with Gasteiger partial charge in [-0.1, -0.05) is 73.5 Å². The van der Waals surface area contributed by atoms with Crippen molar-refractivity contribution in [3.05, 3.63) is 99.4 Å². The van der Waals surface area contributed by atoms with Crippen molar-refractivity contribution < 1.29 is 4.79 Å². The van der Waals surface area contributed by atoms with E-state index in [9.17, 15) is 4.79 Å². The van der Waals surface area contributed by atoms with Crippen LogP contribution in [0.4, 0.5) is 5.13 Å². The number of carbonyl (C=O) groups is 1. The Balaban J connectivity index is 1.53. The van der Waals surface area contributed by atoms with E-state index in [0.29, 0.717) is 21.6 Å². The van der Waals surface area contributed by atoms with E-state index in [-0.39, 0.29) is 5.91 Å². The number of aryl methyl sites for hydroxylation is 2. The van der Waals surface area contributed by atoms with E-state index < -0.39 is 0 Å². The third-order valence-corrected chi connectivity index (χ3v) is 7.32. The predicted octanol–water partition coefficient (Wildman–Crippen LogP) is 8.67. The van der Waals surface area contributed by atoms with Crippen LogP contribution in [0.1, 0.15) is 46.1 Å². The van der Waals surface area contributed by atoms with Crippen LogP contribution in [-0.2, 0) is 0 Å². The average Bonchev–Trinajstić information content (AvgIpc) is 3.23. The minimum Gasteiger partial charge on any atom is -0.298 e. The summed E-state index contributed by atoms with van der Waals surface area (Å²) in [6.45, 7) is 8.35. The first-order chi connectivity index (χ1) is 17.3. The van der Waals surface area contributed by atoms with E-state index >= 15 is 0 Å². The Morgan fingerprint density at radius 1 is 0.917 bits per heavy atom. The zero-order valence-corrected chi connectivity index (χ0v) is 22.2. The first kappa shape index (κ1) is 24.2. The molecule has 3 aromatic carbocycles. The van der Waals surface area contributed by atoms with E-state index in [1.165, 1.54) is 16.9 Å². The number of carbonyl (C=O) groups excluding carboxylic acids is 1. The standard InChI is InChI=1S/C30H26ClN3OS/c1-17(2)20-9-11-21(12-10-20)27-16-25(24-14-18(3)8-13-26(24)32-27)29(35)34-30-33-28(19(4)36-30)22-6-5-7-23(31)15-22/h5-17H,1-4H3,(H,33,34,35). The second-order valence-corrected chi connectivity index (χ2v) is 10.9. The van der Waals surface area contributed by atoms with Gasteiger partial charge in [-0.2, -0.15) is 0 Å². The van der Waals surface area contributed by atoms with Crippen LogP contribution in [0.2, 0.25) is 5.02 Å². The summed E-state index contributed by atoms with van der Waals surface area (Å²) in [4.78, 5) is 24.2. The van der Waals surface area contributed by atoms with E-state index in [2.05, 4.69) is 43.4 Å². The highest BCUT2D eigenvalue weighted by Gasteiger charge is 2.18. The molecule has 5 rings (SSSR count). The molecule has 0 aliphatic heterocycles. The Bertz CT molecular complexity index is 1590. The van der Waals surface area contributed by atoms with Gasteiger partial charge >= 0.3 is 0 Å². The molecular weight excluding hydrogens is 486 g/mol. The van der Waals surface area contributed by atoms with Crippen molar-refractivity contribution in [1.82, 2.24) is 9.97 Å². The minimum absolute atomic E-state index is 0.209. The van der Waals surface area contributed by atoms with Gasteiger partial charge in [0.15, 0.2) is 5.13 Å². The number of hydrogen-bond acceptors (Lipinski definition) is 4. The molecule has 2 heterocycles. The zero-order chi connectivity index (χ0) is 25.4. The molecule has 1 amide bonds. The fourth-order valence-corrected chi connectivity index (χ4v) is 5.25. The van der Waals surface area contributed by atoms with Crippen LogP contribution in [0.5, 0.6) is 0 Å². The lowest BCUT2D eigenvalue weighted by Crippen LogP contribution is -2.13. The van der Waals surface area contributed by atoms with Crippen LogP contribution in [-0.4, -0.2) is 15.9 Å². The Hall–Kier alpha value is -3.54.